The minimum atomic E-state index is -1.15. The molecule has 2 bridgehead atoms. The molecule has 8 nitrogen and oxygen atoms in total. The van der Waals surface area contributed by atoms with Gasteiger partial charge in [0.2, 0.25) is 11.8 Å². The van der Waals surface area contributed by atoms with Crippen molar-refractivity contribution >= 4 is 17.8 Å². The van der Waals surface area contributed by atoms with E-state index in [-0.39, 0.29) is 37.0 Å². The van der Waals surface area contributed by atoms with E-state index in [1.807, 2.05) is 34.6 Å². The van der Waals surface area contributed by atoms with Gasteiger partial charge < -0.3 is 24.4 Å². The summed E-state index contributed by atoms with van der Waals surface area (Å²) in [7, 11) is 0. The van der Waals surface area contributed by atoms with Crippen LogP contribution in [-0.4, -0.2) is 81.8 Å². The van der Waals surface area contributed by atoms with Crippen LogP contribution in [0.3, 0.4) is 0 Å². The van der Waals surface area contributed by atoms with E-state index in [2.05, 4.69) is 13.2 Å². The Bertz CT molecular complexity index is 839. The van der Waals surface area contributed by atoms with E-state index >= 15 is 0 Å². The van der Waals surface area contributed by atoms with E-state index in [4.69, 9.17) is 9.47 Å². The zero-order valence-electron chi connectivity index (χ0n) is 21.2. The summed E-state index contributed by atoms with van der Waals surface area (Å²) < 4.78 is 12.2. The fourth-order valence-electron chi connectivity index (χ4n) is 6.31. The SMILES string of the molecule is C=CCCOC(=O)[C@@H]1[C@H]2C(=O)N([C@@H](CC)CO)C(C(=O)N(CC=C)C(C)C)C23CC(C)[C@@]1(C)O3. The molecule has 0 saturated carbocycles. The summed E-state index contributed by atoms with van der Waals surface area (Å²) in [6, 6.07) is -1.61. The number of carbonyl (C=O) groups is 3. The summed E-state index contributed by atoms with van der Waals surface area (Å²) in [4.78, 5) is 44.6. The van der Waals surface area contributed by atoms with Crippen LogP contribution in [-0.2, 0) is 23.9 Å². The molecule has 2 amide bonds. The van der Waals surface area contributed by atoms with Crippen molar-refractivity contribution in [1.29, 1.82) is 0 Å². The smallest absolute Gasteiger partial charge is 0.312 e. The first kappa shape index (κ1) is 26.4. The van der Waals surface area contributed by atoms with Crippen molar-refractivity contribution in [2.75, 3.05) is 19.8 Å². The predicted molar refractivity (Wildman–Crippen MR) is 128 cm³/mol. The normalized spacial score (nSPS) is 34.8. The van der Waals surface area contributed by atoms with Crippen molar-refractivity contribution in [1.82, 2.24) is 9.80 Å². The van der Waals surface area contributed by atoms with Gasteiger partial charge >= 0.3 is 5.97 Å². The molecule has 3 rings (SSSR count). The monoisotopic (exact) mass is 476 g/mol. The number of ether oxygens (including phenoxy) is 2. The average Bonchev–Trinajstić information content (AvgIpc) is 3.30. The molecule has 8 heteroatoms. The van der Waals surface area contributed by atoms with Gasteiger partial charge in [-0.2, -0.15) is 0 Å². The van der Waals surface area contributed by atoms with E-state index in [1.165, 1.54) is 4.90 Å². The van der Waals surface area contributed by atoms with E-state index in [9.17, 15) is 19.5 Å². The van der Waals surface area contributed by atoms with Gasteiger partial charge in [-0.3, -0.25) is 14.4 Å². The first-order chi connectivity index (χ1) is 16.0. The van der Waals surface area contributed by atoms with Crippen molar-refractivity contribution in [3.63, 3.8) is 0 Å². The van der Waals surface area contributed by atoms with Crippen molar-refractivity contribution in [2.45, 2.75) is 83.2 Å². The second kappa shape index (κ2) is 9.82. The lowest BCUT2D eigenvalue weighted by atomic mass is 9.62. The summed E-state index contributed by atoms with van der Waals surface area (Å²) in [6.45, 7) is 17.2. The minimum Gasteiger partial charge on any atom is -0.465 e. The molecule has 1 spiro atoms. The lowest BCUT2D eigenvalue weighted by Crippen LogP contribution is -2.59. The van der Waals surface area contributed by atoms with Gasteiger partial charge in [-0.15, -0.1) is 13.2 Å². The molecular weight excluding hydrogens is 436 g/mol. The third-order valence-electron chi connectivity index (χ3n) is 8.11. The van der Waals surface area contributed by atoms with Gasteiger partial charge in [0.25, 0.3) is 0 Å². The van der Waals surface area contributed by atoms with E-state index in [0.29, 0.717) is 25.8 Å². The Morgan fingerprint density at radius 2 is 2.03 bits per heavy atom. The highest BCUT2D eigenvalue weighted by Gasteiger charge is 2.80. The number of carbonyl (C=O) groups excluding carboxylic acids is 3. The van der Waals surface area contributed by atoms with Gasteiger partial charge in [-0.1, -0.05) is 26.0 Å². The van der Waals surface area contributed by atoms with Gasteiger partial charge in [0.1, 0.15) is 17.6 Å². The molecular formula is C26H40N2O6. The maximum absolute atomic E-state index is 14.1. The van der Waals surface area contributed by atoms with Crippen LogP contribution in [0.1, 0.15) is 53.9 Å². The number of esters is 1. The number of rotatable bonds is 11. The number of fused-ring (bicyclic) bond motifs is 1. The molecule has 0 aromatic carbocycles. The maximum atomic E-state index is 14.1. The number of aliphatic hydroxyl groups excluding tert-OH is 1. The summed E-state index contributed by atoms with van der Waals surface area (Å²) in [5, 5.41) is 10.1. The highest BCUT2D eigenvalue weighted by atomic mass is 16.6. The van der Waals surface area contributed by atoms with Crippen LogP contribution >= 0.6 is 0 Å². The number of hydrogen-bond acceptors (Lipinski definition) is 6. The van der Waals surface area contributed by atoms with Crippen LogP contribution in [0.4, 0.5) is 0 Å². The number of nitrogens with zero attached hydrogens (tertiary/aromatic N) is 2. The molecule has 3 aliphatic rings. The lowest BCUT2D eigenvalue weighted by molar-refractivity contribution is -0.164. The highest BCUT2D eigenvalue weighted by molar-refractivity contribution is 5.99. The van der Waals surface area contributed by atoms with Crippen LogP contribution in [0, 0.1) is 17.8 Å². The summed E-state index contributed by atoms with van der Waals surface area (Å²) in [5.41, 5.74) is -2.07. The quantitative estimate of drug-likeness (QED) is 0.279. The molecule has 7 atom stereocenters. The van der Waals surface area contributed by atoms with Gasteiger partial charge in [0, 0.05) is 12.6 Å². The zero-order valence-corrected chi connectivity index (χ0v) is 21.2. The van der Waals surface area contributed by atoms with E-state index in [0.717, 1.165) is 0 Å². The largest absolute Gasteiger partial charge is 0.465 e. The van der Waals surface area contributed by atoms with E-state index < -0.39 is 41.1 Å². The molecule has 0 aromatic heterocycles. The molecule has 0 radical (unpaired) electrons. The molecule has 190 valence electrons. The lowest BCUT2D eigenvalue weighted by Gasteiger charge is -2.40. The first-order valence-electron chi connectivity index (χ1n) is 12.4. The molecule has 0 aliphatic carbocycles. The Balaban J connectivity index is 2.13. The zero-order chi connectivity index (χ0) is 25.4. The summed E-state index contributed by atoms with van der Waals surface area (Å²) >= 11 is 0. The fourth-order valence-corrected chi connectivity index (χ4v) is 6.31. The van der Waals surface area contributed by atoms with Crippen molar-refractivity contribution in [2.24, 2.45) is 17.8 Å². The molecule has 3 fully saturated rings. The molecule has 3 heterocycles. The Morgan fingerprint density at radius 1 is 1.35 bits per heavy atom. The Hall–Kier alpha value is -2.19. The summed E-state index contributed by atoms with van der Waals surface area (Å²) in [6.07, 6.45) is 4.79. The van der Waals surface area contributed by atoms with Gasteiger partial charge in [0.15, 0.2) is 0 Å². The van der Waals surface area contributed by atoms with Crippen LogP contribution in [0.2, 0.25) is 0 Å². The van der Waals surface area contributed by atoms with Crippen LogP contribution < -0.4 is 0 Å². The van der Waals surface area contributed by atoms with Crippen LogP contribution in [0.15, 0.2) is 25.3 Å². The second-order valence-electron chi connectivity index (χ2n) is 10.3. The van der Waals surface area contributed by atoms with Crippen molar-refractivity contribution in [3.8, 4) is 0 Å². The average molecular weight is 477 g/mol. The van der Waals surface area contributed by atoms with Gasteiger partial charge in [-0.05, 0) is 46.0 Å². The molecule has 3 saturated heterocycles. The standard InChI is InChI=1S/C26H40N2O6/c1-8-11-13-33-24(32)20-19-22(30)28(18(10-3)15-29)21(23(31)27(12-9-2)16(4)5)26(19)14-17(6)25(20,7)34-26/h8-9,16-21,29H,1-2,10-15H2,3-7H3/t17?,18-,19-,20-,21?,25+,26?/m0/s1. The highest BCUT2D eigenvalue weighted by Crippen LogP contribution is 2.65. The Kier molecular flexibility index (Phi) is 7.63. The van der Waals surface area contributed by atoms with Crippen LogP contribution in [0.25, 0.3) is 0 Å². The second-order valence-corrected chi connectivity index (χ2v) is 10.3. The maximum Gasteiger partial charge on any atom is 0.312 e. The number of amides is 2. The topological polar surface area (TPSA) is 96.4 Å². The fraction of sp³-hybridized carbons (Fsp3) is 0.731. The first-order valence-corrected chi connectivity index (χ1v) is 12.4. The van der Waals surface area contributed by atoms with Gasteiger partial charge in [0.05, 0.1) is 30.8 Å². The minimum absolute atomic E-state index is 0.0649. The predicted octanol–water partition coefficient (Wildman–Crippen LogP) is 2.31. The number of aliphatic hydroxyl groups is 1. The Labute approximate surface area is 202 Å². The molecule has 3 unspecified atom stereocenters. The van der Waals surface area contributed by atoms with Gasteiger partial charge in [-0.25, -0.2) is 0 Å². The number of likely N-dealkylation sites (tertiary alicyclic amines) is 1. The molecule has 3 aliphatic heterocycles. The molecule has 0 aromatic rings. The van der Waals surface area contributed by atoms with Crippen LogP contribution in [0.5, 0.6) is 0 Å². The third kappa shape index (κ3) is 3.79. The van der Waals surface area contributed by atoms with E-state index in [1.54, 1.807) is 17.1 Å². The Morgan fingerprint density at radius 3 is 2.56 bits per heavy atom. The molecule has 34 heavy (non-hydrogen) atoms. The van der Waals surface area contributed by atoms with Crippen molar-refractivity contribution < 1.29 is 29.0 Å². The molecule has 1 N–H and O–H groups in total. The summed E-state index contributed by atoms with van der Waals surface area (Å²) in [5.74, 6) is -2.76. The number of hydrogen-bond donors (Lipinski definition) is 1. The third-order valence-corrected chi connectivity index (χ3v) is 8.11. The van der Waals surface area contributed by atoms with Crippen molar-refractivity contribution in [3.05, 3.63) is 25.3 Å².